The molecule has 109 heavy (non-hydrogen) atoms. The zero-order valence-corrected chi connectivity index (χ0v) is 68.9. The Morgan fingerprint density at radius 3 is 1.08 bits per heavy atom. The third-order valence-corrected chi connectivity index (χ3v) is 29.4. The van der Waals surface area contributed by atoms with E-state index in [4.69, 9.17) is 5.73 Å². The molecule has 10 aliphatic rings. The van der Waals surface area contributed by atoms with Crippen LogP contribution in [-0.2, 0) is 62.8 Å². The van der Waals surface area contributed by atoms with E-state index in [1.165, 1.54) is 90.4 Å². The Kier molecular flexibility index (Phi) is 24.9. The number of carbonyl (C=O) groups is 12. The number of benzene rings is 6. The molecule has 12 amide bonds. The van der Waals surface area contributed by atoms with Gasteiger partial charge in [-0.05, 0) is 161 Å². The molecule has 3 unspecified atom stereocenters. The maximum Gasteiger partial charge on any atom is 0.263 e. The van der Waals surface area contributed by atoms with E-state index in [0.717, 1.165) is 65.1 Å². The van der Waals surface area contributed by atoms with Crippen molar-refractivity contribution in [2.45, 2.75) is 198 Å². The molecule has 0 radical (unpaired) electrons. The fraction of sp³-hybridized carbons (Fsp3) is 0.422. The van der Waals surface area contributed by atoms with Crippen LogP contribution < -0.4 is 27.0 Å². The van der Waals surface area contributed by atoms with E-state index in [0.29, 0.717) is 77.3 Å². The number of fused-ring (bicyclic) bond motifs is 7. The van der Waals surface area contributed by atoms with E-state index < -0.39 is 77.2 Å². The number of thioether (sulfide) groups is 2. The van der Waals surface area contributed by atoms with Crippen LogP contribution in [0.3, 0.4) is 0 Å². The fourth-order valence-electron chi connectivity index (χ4n) is 17.2. The van der Waals surface area contributed by atoms with Crippen LogP contribution in [0.4, 0.5) is 0 Å². The zero-order chi connectivity index (χ0) is 78.2. The van der Waals surface area contributed by atoms with Crippen LogP contribution >= 0.6 is 83.9 Å². The number of thiol groups is 1. The predicted octanol–water partition coefficient (Wildman–Crippen LogP) is 14.0. The number of nitrogens with two attached hydrogens (primary N) is 1. The molecular weight excluding hydrogens is 1640 g/mol. The number of piperidine rings is 3. The number of nitrogens with zero attached hydrogens (tertiary/aromatic N) is 3. The lowest BCUT2D eigenvalue weighted by Crippen LogP contribution is -2.54. The molecule has 6 aromatic carbocycles. The van der Waals surface area contributed by atoms with Crippen molar-refractivity contribution < 1.29 is 57.5 Å². The largest absolute Gasteiger partial charge is 0.327 e. The average Bonchev–Trinajstić information content (AvgIpc) is 1.57. The molecule has 0 spiro atoms. The summed E-state index contributed by atoms with van der Waals surface area (Å²) >= 11 is 17.4. The van der Waals surface area contributed by atoms with Gasteiger partial charge in [-0.1, -0.05) is 180 Å². The molecule has 4 bridgehead atoms. The van der Waals surface area contributed by atoms with Gasteiger partial charge < -0.3 is 11.1 Å². The summed E-state index contributed by atoms with van der Waals surface area (Å²) in [6, 6.07) is 38.6. The Hall–Kier alpha value is -7.43. The third-order valence-electron chi connectivity index (χ3n) is 24.8. The van der Waals surface area contributed by atoms with Gasteiger partial charge in [0.25, 0.3) is 35.4 Å². The number of nitrogens with one attached hydrogen (secondary N) is 4. The van der Waals surface area contributed by atoms with Gasteiger partial charge in [-0.3, -0.25) is 88.2 Å². The van der Waals surface area contributed by atoms with Gasteiger partial charge >= 0.3 is 0 Å². The average molecular weight is 1730 g/mol. The SMILES string of the molecule is BrCc1ccc(CBr)cc1.CC1(C)[C@@H]2CC[C@@]1(C)[C@@H](N)C2.CC1(C)[C@@H]2CC[C@@]1(C)[C@@H](NCc1ccc(CSc3cccc4c3C(=O)N(C3CCC(=O)NC3=O)C4=O)cc1)C2.O=C1CCC(N2C(=O)c3cccc(S)c3C2=O)C(=O)N1.O=C1CCC(N2C(=O)c3cccc(SCc4ccc(CBr)cc4)c3C2=O)C(=O)N1. The monoisotopic (exact) mass is 1720 g/mol. The number of amides is 12. The van der Waals surface area contributed by atoms with Crippen molar-refractivity contribution in [3.63, 3.8) is 0 Å². The van der Waals surface area contributed by atoms with Gasteiger partial charge in [0.15, 0.2) is 0 Å². The minimum atomic E-state index is -0.956. The topological polar surface area (TPSA) is 289 Å². The Labute approximate surface area is 674 Å². The van der Waals surface area contributed by atoms with Gasteiger partial charge in [0, 0.05) is 80.1 Å². The van der Waals surface area contributed by atoms with Gasteiger partial charge in [-0.15, -0.1) is 36.2 Å². The Morgan fingerprint density at radius 2 is 0.771 bits per heavy atom. The Balaban J connectivity index is 0.000000138. The molecule has 6 aromatic rings. The number of halogens is 3. The summed E-state index contributed by atoms with van der Waals surface area (Å²) < 4.78 is 0. The summed E-state index contributed by atoms with van der Waals surface area (Å²) in [6.45, 7) is 15.4. The van der Waals surface area contributed by atoms with Crippen LogP contribution in [0.2, 0.25) is 0 Å². The summed E-state index contributed by atoms with van der Waals surface area (Å²) in [4.78, 5) is 152. The number of imide groups is 6. The highest BCUT2D eigenvalue weighted by molar-refractivity contribution is 9.09. The maximum absolute atomic E-state index is 13.3. The molecule has 26 heteroatoms. The second kappa shape index (κ2) is 33.5. The molecule has 20 nitrogen and oxygen atoms in total. The van der Waals surface area contributed by atoms with Gasteiger partial charge in [0.05, 0.1) is 33.4 Å². The quantitative estimate of drug-likeness (QED) is 0.0241. The van der Waals surface area contributed by atoms with E-state index in [-0.39, 0.29) is 61.5 Å². The van der Waals surface area contributed by atoms with Crippen LogP contribution in [-0.4, -0.2) is 116 Å². The summed E-state index contributed by atoms with van der Waals surface area (Å²) in [5, 5.41) is 13.1. The second-order valence-corrected chi connectivity index (χ2v) is 35.3. The van der Waals surface area contributed by atoms with Crippen molar-refractivity contribution in [1.82, 2.24) is 36.0 Å². The van der Waals surface area contributed by atoms with Crippen LogP contribution in [0.15, 0.2) is 142 Å². The molecule has 4 aliphatic carbocycles. The van der Waals surface area contributed by atoms with Crippen molar-refractivity contribution >= 4 is 155 Å². The van der Waals surface area contributed by atoms with Crippen molar-refractivity contribution in [2.75, 3.05) is 0 Å². The molecule has 16 rings (SSSR count). The maximum atomic E-state index is 13.3. The first kappa shape index (κ1) is 81.1. The van der Waals surface area contributed by atoms with Gasteiger partial charge in [0.2, 0.25) is 35.4 Å². The lowest BCUT2D eigenvalue weighted by Gasteiger charge is -2.39. The summed E-state index contributed by atoms with van der Waals surface area (Å²) in [5.41, 5.74) is 16.9. The van der Waals surface area contributed by atoms with Gasteiger partial charge in [-0.25, -0.2) is 0 Å². The number of hydrogen-bond acceptors (Lipinski definition) is 17. The predicted molar refractivity (Wildman–Crippen MR) is 430 cm³/mol. The molecule has 7 fully saturated rings. The molecule has 6 N–H and O–H groups in total. The highest BCUT2D eigenvalue weighted by Crippen LogP contribution is 2.66. The number of carbonyl (C=O) groups excluding carboxylic acids is 12. The summed E-state index contributed by atoms with van der Waals surface area (Å²) in [5.74, 6) is -2.89. The molecule has 0 aromatic heterocycles. The van der Waals surface area contributed by atoms with Crippen molar-refractivity contribution in [3.8, 4) is 0 Å². The minimum absolute atomic E-state index is 0.107. The van der Waals surface area contributed by atoms with E-state index in [1.807, 2.05) is 36.4 Å². The van der Waals surface area contributed by atoms with Crippen LogP contribution in [0.5, 0.6) is 0 Å². The first-order valence-corrected chi connectivity index (χ1v) is 42.6. The van der Waals surface area contributed by atoms with Gasteiger partial charge in [0.1, 0.15) is 18.1 Å². The molecule has 572 valence electrons. The zero-order valence-electron chi connectivity index (χ0n) is 61.6. The first-order valence-electron chi connectivity index (χ1n) is 36.8. The molecular formula is C83H89Br3N8O12S3. The number of rotatable bonds is 15. The van der Waals surface area contributed by atoms with Crippen molar-refractivity contribution in [1.29, 1.82) is 0 Å². The Morgan fingerprint density at radius 1 is 0.431 bits per heavy atom. The van der Waals surface area contributed by atoms with Crippen LogP contribution in [0.1, 0.15) is 214 Å². The molecule has 6 aliphatic heterocycles. The lowest BCUT2D eigenvalue weighted by molar-refractivity contribution is -0.137. The second-order valence-electron chi connectivity index (χ2n) is 31.1. The first-order chi connectivity index (χ1) is 51.9. The van der Waals surface area contributed by atoms with E-state index in [1.54, 1.807) is 36.4 Å². The standard InChI is InChI=1S/C31H35N3O4S.C21H17BrN2O4S.C13H10N2O4S.C10H19N.C8H8Br2/c1-30(2)20-13-14-31(30,3)24(15-20)32-16-18-7-9-19(10-8-18)17-39-23-6-4-5-21-26(23)29(38)34(28(21)37)22-11-12-25(35)33-27(22)36;22-10-12-4-6-13(7-5-12)11-29-16-3-1-2-14-18(16)21(28)24(20(14)27)15-8-9-17(25)23-19(15)26;16-9-5-4-7(11(17)14-9)15-12(18)6-2-1-3-8(20)10(6)13(15)19;1-9(2)7-4-5-10(9,3)8(11)6-7;9-5-7-1-2-8(6-10)4-3-7/h4-10,20,22,24,32H,11-17H2,1-3H3,(H,33,35,36);1-7,15H,8-11H2,(H,23,25,26);1-3,7,20H,4-5H2,(H,14,16,17);7-8H,4-6,11H2,1-3H3;1-4H,5-6H2/t20-,22?,24+,31+;;;7-,8+,10+;/m1..1./s1. The Bertz CT molecular complexity index is 4630. The van der Waals surface area contributed by atoms with Gasteiger partial charge in [-0.2, -0.15) is 0 Å². The number of alkyl halides is 3. The van der Waals surface area contributed by atoms with E-state index >= 15 is 0 Å². The third kappa shape index (κ3) is 16.1. The smallest absolute Gasteiger partial charge is 0.263 e. The molecule has 9 atom stereocenters. The summed E-state index contributed by atoms with van der Waals surface area (Å²) in [7, 11) is 0. The highest BCUT2D eigenvalue weighted by atomic mass is 79.9. The van der Waals surface area contributed by atoms with E-state index in [9.17, 15) is 57.5 Å². The van der Waals surface area contributed by atoms with Crippen molar-refractivity contribution in [2.24, 2.45) is 39.2 Å². The van der Waals surface area contributed by atoms with Crippen LogP contribution in [0.25, 0.3) is 0 Å². The van der Waals surface area contributed by atoms with Crippen molar-refractivity contribution in [3.05, 3.63) is 194 Å². The molecule has 3 saturated heterocycles. The highest BCUT2D eigenvalue weighted by Gasteiger charge is 2.62. The van der Waals surface area contributed by atoms with E-state index in [2.05, 4.69) is 172 Å². The molecule has 6 heterocycles. The van der Waals surface area contributed by atoms with Crippen LogP contribution in [0, 0.1) is 33.5 Å². The summed E-state index contributed by atoms with van der Waals surface area (Å²) in [6.07, 6.45) is 8.74. The fourth-order valence-corrected chi connectivity index (χ4v) is 20.7. The normalized spacial score (nSPS) is 25.8. The number of hydrogen-bond donors (Lipinski definition) is 6. The minimum Gasteiger partial charge on any atom is -0.327 e. The molecule has 4 saturated carbocycles. The lowest BCUT2D eigenvalue weighted by atomic mass is 9.69.